The van der Waals surface area contributed by atoms with Gasteiger partial charge in [0.15, 0.2) is 0 Å². The van der Waals surface area contributed by atoms with Gasteiger partial charge in [-0.05, 0) is 25.7 Å². The fourth-order valence-electron chi connectivity index (χ4n) is 1.62. The first-order valence-corrected chi connectivity index (χ1v) is 4.26. The second kappa shape index (κ2) is 3.88. The zero-order chi connectivity index (χ0) is 8.27. The van der Waals surface area contributed by atoms with Crippen LogP contribution >= 0.6 is 0 Å². The van der Waals surface area contributed by atoms with Crippen LogP contribution in [0.3, 0.4) is 0 Å². The summed E-state index contributed by atoms with van der Waals surface area (Å²) in [6, 6.07) is 0. The first-order chi connectivity index (χ1) is 5.22. The van der Waals surface area contributed by atoms with Crippen molar-refractivity contribution in [3.8, 4) is 0 Å². The zero-order valence-electron chi connectivity index (χ0n) is 6.95. The Morgan fingerprint density at radius 3 is 2.36 bits per heavy atom. The number of rotatable bonds is 1. The van der Waals surface area contributed by atoms with Gasteiger partial charge in [-0.15, -0.1) is 0 Å². The molecule has 0 aromatic carbocycles. The van der Waals surface area contributed by atoms with Gasteiger partial charge in [0, 0.05) is 0 Å². The quantitative estimate of drug-likeness (QED) is 0.560. The molecule has 2 atom stereocenters. The van der Waals surface area contributed by atoms with E-state index in [0.29, 0.717) is 6.42 Å². The van der Waals surface area contributed by atoms with Gasteiger partial charge in [-0.2, -0.15) is 0 Å². The maximum atomic E-state index is 9.28. The van der Waals surface area contributed by atoms with E-state index < -0.39 is 0 Å². The SMILES string of the molecule is CCC=C1C[C@@H](O)C[C@H](O)C1. The summed E-state index contributed by atoms with van der Waals surface area (Å²) in [7, 11) is 0. The molecule has 0 unspecified atom stereocenters. The molecule has 1 saturated carbocycles. The molecule has 0 aromatic rings. The van der Waals surface area contributed by atoms with Crippen molar-refractivity contribution in [1.82, 2.24) is 0 Å². The van der Waals surface area contributed by atoms with Crippen molar-refractivity contribution in [2.45, 2.75) is 44.8 Å². The molecule has 0 radical (unpaired) electrons. The summed E-state index contributed by atoms with van der Waals surface area (Å²) in [6.45, 7) is 2.07. The molecule has 1 aliphatic rings. The fraction of sp³-hybridized carbons (Fsp3) is 0.778. The van der Waals surface area contributed by atoms with E-state index in [4.69, 9.17) is 0 Å². The minimum absolute atomic E-state index is 0.323. The molecule has 11 heavy (non-hydrogen) atoms. The Morgan fingerprint density at radius 2 is 1.91 bits per heavy atom. The second-order valence-electron chi connectivity index (χ2n) is 3.22. The Bertz CT molecular complexity index is 140. The second-order valence-corrected chi connectivity index (χ2v) is 3.22. The van der Waals surface area contributed by atoms with Crippen LogP contribution in [0.4, 0.5) is 0 Å². The van der Waals surface area contributed by atoms with Crippen LogP contribution in [0.5, 0.6) is 0 Å². The van der Waals surface area contributed by atoms with E-state index in [-0.39, 0.29) is 12.2 Å². The minimum atomic E-state index is -0.323. The molecular weight excluding hydrogens is 140 g/mol. The summed E-state index contributed by atoms with van der Waals surface area (Å²) >= 11 is 0. The lowest BCUT2D eigenvalue weighted by atomic mass is 9.90. The van der Waals surface area contributed by atoms with Crippen molar-refractivity contribution in [3.63, 3.8) is 0 Å². The molecule has 2 N–H and O–H groups in total. The molecule has 1 rings (SSSR count). The average Bonchev–Trinajstić information content (AvgIpc) is 1.85. The van der Waals surface area contributed by atoms with Crippen molar-refractivity contribution >= 4 is 0 Å². The monoisotopic (exact) mass is 156 g/mol. The molecule has 0 spiro atoms. The first kappa shape index (κ1) is 8.75. The predicted molar refractivity (Wildman–Crippen MR) is 44.2 cm³/mol. The Labute approximate surface area is 67.6 Å². The topological polar surface area (TPSA) is 40.5 Å². The summed E-state index contributed by atoms with van der Waals surface area (Å²) in [5.41, 5.74) is 1.21. The Morgan fingerprint density at radius 1 is 1.36 bits per heavy atom. The molecule has 0 saturated heterocycles. The first-order valence-electron chi connectivity index (χ1n) is 4.26. The third kappa shape index (κ3) is 2.64. The summed E-state index contributed by atoms with van der Waals surface area (Å²) in [5, 5.41) is 18.6. The van der Waals surface area contributed by atoms with Crippen molar-refractivity contribution < 1.29 is 10.2 Å². The van der Waals surface area contributed by atoms with Gasteiger partial charge >= 0.3 is 0 Å². The van der Waals surface area contributed by atoms with Crippen LogP contribution in [0.1, 0.15) is 32.6 Å². The highest BCUT2D eigenvalue weighted by atomic mass is 16.3. The van der Waals surface area contributed by atoms with Gasteiger partial charge in [0.25, 0.3) is 0 Å². The van der Waals surface area contributed by atoms with E-state index in [1.165, 1.54) is 5.57 Å². The zero-order valence-corrected chi connectivity index (χ0v) is 6.95. The van der Waals surface area contributed by atoms with E-state index >= 15 is 0 Å². The molecular formula is C9H16O2. The van der Waals surface area contributed by atoms with Crippen LogP contribution in [0.15, 0.2) is 11.6 Å². The number of aliphatic hydroxyl groups is 2. The number of hydrogen-bond donors (Lipinski definition) is 2. The highest BCUT2D eigenvalue weighted by molar-refractivity contribution is 5.08. The van der Waals surface area contributed by atoms with Gasteiger partial charge in [0.05, 0.1) is 12.2 Å². The van der Waals surface area contributed by atoms with E-state index in [0.717, 1.165) is 19.3 Å². The number of aliphatic hydroxyl groups excluding tert-OH is 2. The highest BCUT2D eigenvalue weighted by Crippen LogP contribution is 2.23. The smallest absolute Gasteiger partial charge is 0.0602 e. The van der Waals surface area contributed by atoms with Crippen LogP contribution in [-0.2, 0) is 0 Å². The van der Waals surface area contributed by atoms with E-state index in [1.54, 1.807) is 0 Å². The number of allylic oxidation sites excluding steroid dienone is 1. The molecule has 0 heterocycles. The third-order valence-corrected chi connectivity index (χ3v) is 2.03. The van der Waals surface area contributed by atoms with Crippen LogP contribution in [0.25, 0.3) is 0 Å². The number of hydrogen-bond acceptors (Lipinski definition) is 2. The van der Waals surface area contributed by atoms with E-state index in [9.17, 15) is 10.2 Å². The highest BCUT2D eigenvalue weighted by Gasteiger charge is 2.20. The molecule has 0 aliphatic heterocycles. The lowest BCUT2D eigenvalue weighted by molar-refractivity contribution is 0.0608. The van der Waals surface area contributed by atoms with Crippen molar-refractivity contribution in [3.05, 3.63) is 11.6 Å². The van der Waals surface area contributed by atoms with Crippen LogP contribution < -0.4 is 0 Å². The average molecular weight is 156 g/mol. The van der Waals surface area contributed by atoms with Crippen LogP contribution in [0, 0.1) is 0 Å². The predicted octanol–water partition coefficient (Wildman–Crippen LogP) is 1.23. The van der Waals surface area contributed by atoms with Gasteiger partial charge in [0.1, 0.15) is 0 Å². The van der Waals surface area contributed by atoms with Gasteiger partial charge in [-0.25, -0.2) is 0 Å². The summed E-state index contributed by atoms with van der Waals surface area (Å²) in [5.74, 6) is 0. The maximum absolute atomic E-state index is 9.28. The third-order valence-electron chi connectivity index (χ3n) is 2.03. The van der Waals surface area contributed by atoms with Gasteiger partial charge in [0.2, 0.25) is 0 Å². The van der Waals surface area contributed by atoms with Crippen LogP contribution in [0.2, 0.25) is 0 Å². The standard InChI is InChI=1S/C9H16O2/c1-2-3-7-4-8(10)6-9(11)5-7/h3,8-11H,2,4-6H2,1H3/t8-,9-/m1/s1. The Kier molecular flexibility index (Phi) is 3.09. The molecule has 0 aromatic heterocycles. The minimum Gasteiger partial charge on any atom is -0.393 e. The molecule has 1 aliphatic carbocycles. The fourth-order valence-corrected chi connectivity index (χ4v) is 1.62. The normalized spacial score (nSPS) is 32.1. The lowest BCUT2D eigenvalue weighted by Crippen LogP contribution is -2.24. The maximum Gasteiger partial charge on any atom is 0.0602 e. The molecule has 64 valence electrons. The molecule has 2 nitrogen and oxygen atoms in total. The summed E-state index contributed by atoms with van der Waals surface area (Å²) < 4.78 is 0. The Balaban J connectivity index is 2.49. The van der Waals surface area contributed by atoms with E-state index in [1.807, 2.05) is 0 Å². The molecule has 2 heteroatoms. The van der Waals surface area contributed by atoms with Crippen molar-refractivity contribution in [2.75, 3.05) is 0 Å². The molecule has 0 amide bonds. The summed E-state index contributed by atoms with van der Waals surface area (Å²) in [6.07, 6.45) is 4.50. The van der Waals surface area contributed by atoms with Crippen molar-refractivity contribution in [2.24, 2.45) is 0 Å². The largest absolute Gasteiger partial charge is 0.393 e. The van der Waals surface area contributed by atoms with Gasteiger partial charge in [-0.3, -0.25) is 0 Å². The van der Waals surface area contributed by atoms with Crippen LogP contribution in [-0.4, -0.2) is 22.4 Å². The molecule has 0 bridgehead atoms. The van der Waals surface area contributed by atoms with Crippen molar-refractivity contribution in [1.29, 1.82) is 0 Å². The Hall–Kier alpha value is -0.340. The van der Waals surface area contributed by atoms with Gasteiger partial charge in [-0.1, -0.05) is 18.6 Å². The van der Waals surface area contributed by atoms with E-state index in [2.05, 4.69) is 13.0 Å². The summed E-state index contributed by atoms with van der Waals surface area (Å²) in [4.78, 5) is 0. The van der Waals surface area contributed by atoms with Gasteiger partial charge < -0.3 is 10.2 Å². The molecule has 1 fully saturated rings. The lowest BCUT2D eigenvalue weighted by Gasteiger charge is -2.24.